The molecular formula is C26H28N4O3S. The van der Waals surface area contributed by atoms with E-state index < -0.39 is 0 Å². The summed E-state index contributed by atoms with van der Waals surface area (Å²) >= 11 is 1.41. The van der Waals surface area contributed by atoms with Gasteiger partial charge in [0.2, 0.25) is 5.91 Å². The lowest BCUT2D eigenvalue weighted by atomic mass is 10.0. The largest absolute Gasteiger partial charge is 0.493 e. The van der Waals surface area contributed by atoms with Crippen molar-refractivity contribution >= 4 is 23.2 Å². The van der Waals surface area contributed by atoms with Crippen molar-refractivity contribution in [1.29, 1.82) is 0 Å². The van der Waals surface area contributed by atoms with E-state index in [2.05, 4.69) is 42.3 Å². The number of ether oxygens (including phenoxy) is 2. The van der Waals surface area contributed by atoms with E-state index in [1.807, 2.05) is 35.0 Å². The van der Waals surface area contributed by atoms with E-state index in [-0.39, 0.29) is 11.7 Å². The molecule has 0 aliphatic heterocycles. The Bertz CT molecular complexity index is 1320. The van der Waals surface area contributed by atoms with Crippen LogP contribution < -0.4 is 14.8 Å². The molecule has 0 aliphatic rings. The molecule has 0 saturated carbocycles. The van der Waals surface area contributed by atoms with Crippen molar-refractivity contribution in [2.75, 3.05) is 26.5 Å². The van der Waals surface area contributed by atoms with E-state index in [1.165, 1.54) is 22.9 Å². The van der Waals surface area contributed by atoms with Crippen LogP contribution in [0.2, 0.25) is 0 Å². The van der Waals surface area contributed by atoms with Gasteiger partial charge in [0, 0.05) is 24.5 Å². The number of hydrogen-bond acceptors (Lipinski definition) is 6. The third-order valence-corrected chi connectivity index (χ3v) is 6.68. The molecule has 1 N–H and O–H groups in total. The second kappa shape index (κ2) is 10.6. The van der Waals surface area contributed by atoms with Gasteiger partial charge in [0.15, 0.2) is 11.5 Å². The number of thioether (sulfide) groups is 1. The van der Waals surface area contributed by atoms with Crippen LogP contribution in [0.5, 0.6) is 11.5 Å². The molecule has 0 spiro atoms. The first kappa shape index (κ1) is 23.6. The van der Waals surface area contributed by atoms with Crippen LogP contribution >= 0.6 is 11.8 Å². The summed E-state index contributed by atoms with van der Waals surface area (Å²) in [5.41, 5.74) is 6.39. The Morgan fingerprint density at radius 2 is 1.85 bits per heavy atom. The Labute approximate surface area is 203 Å². The molecule has 34 heavy (non-hydrogen) atoms. The fraction of sp³-hybridized carbons (Fsp3) is 0.269. The zero-order chi connectivity index (χ0) is 24.1. The summed E-state index contributed by atoms with van der Waals surface area (Å²) in [4.78, 5) is 16.9. The summed E-state index contributed by atoms with van der Waals surface area (Å²) in [6.45, 7) is 4.73. The molecule has 0 saturated heterocycles. The van der Waals surface area contributed by atoms with Crippen LogP contribution in [-0.4, -0.2) is 47.0 Å². The maximum atomic E-state index is 12.4. The van der Waals surface area contributed by atoms with E-state index >= 15 is 0 Å². The van der Waals surface area contributed by atoms with Gasteiger partial charge in [-0.2, -0.15) is 5.10 Å². The first-order valence-electron chi connectivity index (χ1n) is 11.0. The predicted octanol–water partition coefficient (Wildman–Crippen LogP) is 4.48. The number of hydrogen-bond donors (Lipinski definition) is 1. The Hall–Kier alpha value is -3.52. The summed E-state index contributed by atoms with van der Waals surface area (Å²) in [5, 5.41) is 8.45. The van der Waals surface area contributed by atoms with Gasteiger partial charge in [-0.25, -0.2) is 9.50 Å². The lowest BCUT2D eigenvalue weighted by Gasteiger charge is -2.10. The number of benzene rings is 2. The summed E-state index contributed by atoms with van der Waals surface area (Å²) in [6.07, 6.45) is 4.24. The molecule has 2 heterocycles. The lowest BCUT2D eigenvalue weighted by Crippen LogP contribution is -2.27. The third kappa shape index (κ3) is 5.34. The molecule has 2 aromatic carbocycles. The van der Waals surface area contributed by atoms with Gasteiger partial charge in [0.05, 0.1) is 31.2 Å². The molecule has 0 radical (unpaired) electrons. The predicted molar refractivity (Wildman–Crippen MR) is 135 cm³/mol. The van der Waals surface area contributed by atoms with Gasteiger partial charge in [-0.05, 0) is 61.2 Å². The summed E-state index contributed by atoms with van der Waals surface area (Å²) in [6, 6.07) is 14.1. The molecule has 4 aromatic rings. The van der Waals surface area contributed by atoms with Crippen molar-refractivity contribution in [3.8, 4) is 22.8 Å². The van der Waals surface area contributed by atoms with Gasteiger partial charge >= 0.3 is 0 Å². The van der Waals surface area contributed by atoms with Crippen LogP contribution in [0.3, 0.4) is 0 Å². The Morgan fingerprint density at radius 3 is 2.62 bits per heavy atom. The van der Waals surface area contributed by atoms with Crippen molar-refractivity contribution in [3.63, 3.8) is 0 Å². The van der Waals surface area contributed by atoms with E-state index in [9.17, 15) is 4.79 Å². The van der Waals surface area contributed by atoms with Crippen molar-refractivity contribution in [1.82, 2.24) is 19.9 Å². The number of nitrogens with one attached hydrogen (secondary N) is 1. The highest BCUT2D eigenvalue weighted by atomic mass is 32.2. The van der Waals surface area contributed by atoms with Crippen LogP contribution in [0.15, 0.2) is 59.9 Å². The highest BCUT2D eigenvalue weighted by Gasteiger charge is 2.12. The monoisotopic (exact) mass is 476 g/mol. The van der Waals surface area contributed by atoms with Gasteiger partial charge in [0.25, 0.3) is 0 Å². The zero-order valence-electron chi connectivity index (χ0n) is 19.8. The molecule has 4 rings (SSSR count). The number of fused-ring (bicyclic) bond motifs is 1. The minimum absolute atomic E-state index is 0.0387. The summed E-state index contributed by atoms with van der Waals surface area (Å²) in [7, 11) is 3.22. The second-order valence-corrected chi connectivity index (χ2v) is 8.93. The summed E-state index contributed by atoms with van der Waals surface area (Å²) in [5.74, 6) is 1.61. The molecule has 2 aromatic heterocycles. The average molecular weight is 477 g/mol. The van der Waals surface area contributed by atoms with E-state index in [4.69, 9.17) is 14.6 Å². The number of amides is 1. The molecule has 1 amide bonds. The Morgan fingerprint density at radius 1 is 1.03 bits per heavy atom. The van der Waals surface area contributed by atoms with Crippen molar-refractivity contribution in [2.45, 2.75) is 25.3 Å². The Kier molecular flexibility index (Phi) is 7.37. The molecule has 0 bridgehead atoms. The fourth-order valence-electron chi connectivity index (χ4n) is 3.62. The van der Waals surface area contributed by atoms with Crippen LogP contribution in [0, 0.1) is 13.8 Å². The molecule has 0 aliphatic carbocycles. The highest BCUT2D eigenvalue weighted by molar-refractivity contribution is 8.00. The number of methoxy groups -OCH3 is 2. The molecule has 0 fully saturated rings. The van der Waals surface area contributed by atoms with Gasteiger partial charge in [-0.3, -0.25) is 4.79 Å². The van der Waals surface area contributed by atoms with E-state index in [1.54, 1.807) is 20.4 Å². The maximum absolute atomic E-state index is 12.4. The number of rotatable bonds is 9. The quantitative estimate of drug-likeness (QED) is 0.359. The van der Waals surface area contributed by atoms with Crippen molar-refractivity contribution in [3.05, 3.63) is 71.5 Å². The molecule has 7 nitrogen and oxygen atoms in total. The lowest BCUT2D eigenvalue weighted by molar-refractivity contribution is -0.118. The second-order valence-electron chi connectivity index (χ2n) is 7.97. The highest BCUT2D eigenvalue weighted by Crippen LogP contribution is 2.28. The first-order valence-corrected chi connectivity index (χ1v) is 12.0. The molecule has 176 valence electrons. The Balaban J connectivity index is 1.36. The number of aryl methyl sites for hydroxylation is 2. The van der Waals surface area contributed by atoms with Crippen LogP contribution in [0.25, 0.3) is 16.8 Å². The molecular weight excluding hydrogens is 448 g/mol. The number of nitrogens with zero attached hydrogens (tertiary/aromatic N) is 3. The third-order valence-electron chi connectivity index (χ3n) is 5.68. The molecule has 0 atom stereocenters. The normalized spacial score (nSPS) is 10.9. The number of aromatic nitrogens is 3. The standard InChI is InChI=1S/C26H28N4O3S/c1-17-5-7-20(13-18(17)2)21-15-22-26(28-11-12-30(22)29-21)34-16-25(31)27-10-9-19-6-8-23(32-3)24(14-19)33-4/h5-8,11-15H,9-10,16H2,1-4H3,(H,27,31). The van der Waals surface area contributed by atoms with Gasteiger partial charge in [-0.1, -0.05) is 30.0 Å². The van der Waals surface area contributed by atoms with Gasteiger partial charge in [0.1, 0.15) is 5.03 Å². The van der Waals surface area contributed by atoms with Crippen LogP contribution in [0.1, 0.15) is 16.7 Å². The minimum atomic E-state index is -0.0387. The first-order chi connectivity index (χ1) is 16.5. The molecule has 0 unspecified atom stereocenters. The van der Waals surface area contributed by atoms with E-state index in [0.29, 0.717) is 24.5 Å². The van der Waals surface area contributed by atoms with Crippen molar-refractivity contribution < 1.29 is 14.3 Å². The minimum Gasteiger partial charge on any atom is -0.493 e. The zero-order valence-corrected chi connectivity index (χ0v) is 20.6. The molecule has 8 heteroatoms. The maximum Gasteiger partial charge on any atom is 0.230 e. The number of carbonyl (C=O) groups excluding carboxylic acids is 1. The van der Waals surface area contributed by atoms with Crippen LogP contribution in [0.4, 0.5) is 0 Å². The smallest absolute Gasteiger partial charge is 0.230 e. The number of carbonyl (C=O) groups is 1. The van der Waals surface area contributed by atoms with Gasteiger partial charge in [-0.15, -0.1) is 0 Å². The van der Waals surface area contributed by atoms with E-state index in [0.717, 1.165) is 27.4 Å². The fourth-order valence-corrected chi connectivity index (χ4v) is 4.42. The van der Waals surface area contributed by atoms with Gasteiger partial charge < -0.3 is 14.8 Å². The summed E-state index contributed by atoms with van der Waals surface area (Å²) < 4.78 is 12.4. The van der Waals surface area contributed by atoms with Crippen molar-refractivity contribution in [2.24, 2.45) is 0 Å². The topological polar surface area (TPSA) is 77.8 Å². The van der Waals surface area contributed by atoms with Crippen LogP contribution in [-0.2, 0) is 11.2 Å². The average Bonchev–Trinajstić information content (AvgIpc) is 3.29. The SMILES string of the molecule is COc1ccc(CCNC(=O)CSc2nccn3nc(-c4ccc(C)c(C)c4)cc23)cc1OC.